The summed E-state index contributed by atoms with van der Waals surface area (Å²) in [6, 6.07) is 4.57. The number of phenols is 1. The van der Waals surface area contributed by atoms with Crippen molar-refractivity contribution in [2.45, 2.75) is 18.9 Å². The first-order valence-corrected chi connectivity index (χ1v) is 5.62. The highest BCUT2D eigenvalue weighted by atomic mass is 16.5. The summed E-state index contributed by atoms with van der Waals surface area (Å²) in [7, 11) is 1.54. The van der Waals surface area contributed by atoms with Crippen LogP contribution in [0.25, 0.3) is 0 Å². The van der Waals surface area contributed by atoms with Gasteiger partial charge in [-0.05, 0) is 31.5 Å². The second kappa shape index (κ2) is 5.05. The average molecular weight is 236 g/mol. The minimum atomic E-state index is -0.166. The number of amides is 1. The molecule has 1 aliphatic rings. The standard InChI is InChI=1S/C12H16N2O3/c1-17-8-4-5-11(15)10(7-8)14-12(16)9-3-2-6-13-9/h4-5,7,9,13,15H,2-3,6H2,1H3,(H,14,16). The molecule has 17 heavy (non-hydrogen) atoms. The lowest BCUT2D eigenvalue weighted by Gasteiger charge is -2.12. The fraction of sp³-hybridized carbons (Fsp3) is 0.417. The quantitative estimate of drug-likeness (QED) is 0.687. The molecule has 5 nitrogen and oxygen atoms in total. The van der Waals surface area contributed by atoms with Gasteiger partial charge in [-0.1, -0.05) is 0 Å². The molecule has 3 N–H and O–H groups in total. The van der Waals surface area contributed by atoms with Crippen LogP contribution in [0.4, 0.5) is 5.69 Å². The molecule has 0 saturated carbocycles. The molecule has 1 fully saturated rings. The smallest absolute Gasteiger partial charge is 0.241 e. The number of ether oxygens (including phenoxy) is 1. The molecular weight excluding hydrogens is 220 g/mol. The number of anilines is 1. The average Bonchev–Trinajstić information content (AvgIpc) is 2.85. The van der Waals surface area contributed by atoms with Crippen LogP contribution in [0.5, 0.6) is 11.5 Å². The van der Waals surface area contributed by atoms with E-state index in [1.807, 2.05) is 0 Å². The van der Waals surface area contributed by atoms with Crippen molar-refractivity contribution in [3.63, 3.8) is 0 Å². The molecule has 92 valence electrons. The number of nitrogens with one attached hydrogen (secondary N) is 2. The molecule has 1 aliphatic heterocycles. The number of benzene rings is 1. The van der Waals surface area contributed by atoms with Gasteiger partial charge in [-0.25, -0.2) is 0 Å². The summed E-state index contributed by atoms with van der Waals surface area (Å²) in [5, 5.41) is 15.4. The molecule has 0 spiro atoms. The molecule has 1 aromatic rings. The van der Waals surface area contributed by atoms with E-state index in [1.165, 1.54) is 13.2 Å². The Morgan fingerprint density at radius 2 is 2.41 bits per heavy atom. The highest BCUT2D eigenvalue weighted by Crippen LogP contribution is 2.28. The lowest BCUT2D eigenvalue weighted by Crippen LogP contribution is -2.35. The van der Waals surface area contributed by atoms with E-state index in [0.717, 1.165) is 19.4 Å². The minimum Gasteiger partial charge on any atom is -0.506 e. The number of hydrogen-bond donors (Lipinski definition) is 3. The largest absolute Gasteiger partial charge is 0.506 e. The molecular formula is C12H16N2O3. The van der Waals surface area contributed by atoms with Gasteiger partial charge in [-0.2, -0.15) is 0 Å². The van der Waals surface area contributed by atoms with Gasteiger partial charge in [0.05, 0.1) is 18.8 Å². The molecule has 1 saturated heterocycles. The molecule has 1 heterocycles. The monoisotopic (exact) mass is 236 g/mol. The molecule has 1 unspecified atom stereocenters. The van der Waals surface area contributed by atoms with E-state index in [1.54, 1.807) is 12.1 Å². The van der Waals surface area contributed by atoms with Gasteiger partial charge in [-0.3, -0.25) is 4.79 Å². The maximum absolute atomic E-state index is 11.8. The predicted octanol–water partition coefficient (Wildman–Crippen LogP) is 1.09. The van der Waals surface area contributed by atoms with Crippen LogP contribution in [-0.4, -0.2) is 30.7 Å². The lowest BCUT2D eigenvalue weighted by atomic mass is 10.2. The van der Waals surface area contributed by atoms with Gasteiger partial charge >= 0.3 is 0 Å². The first kappa shape index (κ1) is 11.7. The Kier molecular flexibility index (Phi) is 3.49. The van der Waals surface area contributed by atoms with Crippen molar-refractivity contribution < 1.29 is 14.6 Å². The van der Waals surface area contributed by atoms with Crippen molar-refractivity contribution in [3.8, 4) is 11.5 Å². The Morgan fingerprint density at radius 1 is 1.59 bits per heavy atom. The Bertz CT molecular complexity index is 414. The summed E-state index contributed by atoms with van der Waals surface area (Å²) in [5.74, 6) is 0.515. The SMILES string of the molecule is COc1ccc(O)c(NC(=O)C2CCCN2)c1. The Balaban J connectivity index is 2.09. The number of hydrogen-bond acceptors (Lipinski definition) is 4. The van der Waals surface area contributed by atoms with Gasteiger partial charge < -0.3 is 20.5 Å². The van der Waals surface area contributed by atoms with Crippen molar-refractivity contribution in [3.05, 3.63) is 18.2 Å². The number of carbonyl (C=O) groups excluding carboxylic acids is 1. The van der Waals surface area contributed by atoms with Crippen molar-refractivity contribution in [2.24, 2.45) is 0 Å². The fourth-order valence-corrected chi connectivity index (χ4v) is 1.87. The van der Waals surface area contributed by atoms with Gasteiger partial charge in [-0.15, -0.1) is 0 Å². The van der Waals surface area contributed by atoms with Crippen LogP contribution < -0.4 is 15.4 Å². The predicted molar refractivity (Wildman–Crippen MR) is 64.3 cm³/mol. The third-order valence-corrected chi connectivity index (χ3v) is 2.84. The summed E-state index contributed by atoms with van der Waals surface area (Å²) in [5.41, 5.74) is 0.378. The number of rotatable bonds is 3. The molecule has 0 aliphatic carbocycles. The van der Waals surface area contributed by atoms with Crippen molar-refractivity contribution in [2.75, 3.05) is 19.0 Å². The van der Waals surface area contributed by atoms with Crippen LogP contribution in [-0.2, 0) is 4.79 Å². The van der Waals surface area contributed by atoms with E-state index in [4.69, 9.17) is 4.74 Å². The summed E-state index contributed by atoms with van der Waals surface area (Å²) in [6.45, 7) is 0.863. The van der Waals surface area contributed by atoms with Gasteiger partial charge in [0.1, 0.15) is 11.5 Å². The van der Waals surface area contributed by atoms with E-state index in [2.05, 4.69) is 10.6 Å². The Hall–Kier alpha value is -1.75. The normalized spacial score (nSPS) is 19.0. The van der Waals surface area contributed by atoms with E-state index in [9.17, 15) is 9.90 Å². The van der Waals surface area contributed by atoms with Crippen LogP contribution in [0.15, 0.2) is 18.2 Å². The topological polar surface area (TPSA) is 70.6 Å². The Labute approximate surface area is 99.8 Å². The third kappa shape index (κ3) is 2.68. The zero-order valence-electron chi connectivity index (χ0n) is 9.69. The minimum absolute atomic E-state index is 0.0390. The zero-order chi connectivity index (χ0) is 12.3. The maximum atomic E-state index is 11.8. The fourth-order valence-electron chi connectivity index (χ4n) is 1.87. The van der Waals surface area contributed by atoms with E-state index >= 15 is 0 Å². The molecule has 0 aromatic heterocycles. The maximum Gasteiger partial charge on any atom is 0.241 e. The van der Waals surface area contributed by atoms with Crippen LogP contribution in [0.3, 0.4) is 0 Å². The highest BCUT2D eigenvalue weighted by Gasteiger charge is 2.22. The number of aromatic hydroxyl groups is 1. The number of phenolic OH excluding ortho intramolecular Hbond substituents is 1. The van der Waals surface area contributed by atoms with Crippen molar-refractivity contribution in [1.29, 1.82) is 0 Å². The lowest BCUT2D eigenvalue weighted by molar-refractivity contribution is -0.117. The zero-order valence-corrected chi connectivity index (χ0v) is 9.69. The van der Waals surface area contributed by atoms with Crippen LogP contribution >= 0.6 is 0 Å². The van der Waals surface area contributed by atoms with Gasteiger partial charge in [0.2, 0.25) is 5.91 Å². The molecule has 2 rings (SSSR count). The third-order valence-electron chi connectivity index (χ3n) is 2.84. The Morgan fingerprint density at radius 3 is 3.06 bits per heavy atom. The second-order valence-electron chi connectivity index (χ2n) is 4.02. The number of methoxy groups -OCH3 is 1. The van der Waals surface area contributed by atoms with Crippen molar-refractivity contribution in [1.82, 2.24) is 5.32 Å². The van der Waals surface area contributed by atoms with E-state index in [0.29, 0.717) is 11.4 Å². The molecule has 1 atom stereocenters. The summed E-state index contributed by atoms with van der Waals surface area (Å²) in [6.07, 6.45) is 1.83. The van der Waals surface area contributed by atoms with Gasteiger partial charge in [0.25, 0.3) is 0 Å². The van der Waals surface area contributed by atoms with Gasteiger partial charge in [0.15, 0.2) is 0 Å². The van der Waals surface area contributed by atoms with E-state index < -0.39 is 0 Å². The molecule has 5 heteroatoms. The molecule has 1 amide bonds. The summed E-state index contributed by atoms with van der Waals surface area (Å²) >= 11 is 0. The van der Waals surface area contributed by atoms with Crippen LogP contribution in [0.1, 0.15) is 12.8 Å². The first-order chi connectivity index (χ1) is 8.20. The number of carbonyl (C=O) groups is 1. The van der Waals surface area contributed by atoms with Crippen LogP contribution in [0.2, 0.25) is 0 Å². The van der Waals surface area contributed by atoms with Crippen molar-refractivity contribution >= 4 is 11.6 Å². The van der Waals surface area contributed by atoms with E-state index in [-0.39, 0.29) is 17.7 Å². The summed E-state index contributed by atoms with van der Waals surface area (Å²) in [4.78, 5) is 11.8. The second-order valence-corrected chi connectivity index (χ2v) is 4.02. The molecule has 1 aromatic carbocycles. The van der Waals surface area contributed by atoms with Crippen LogP contribution in [0, 0.1) is 0 Å². The van der Waals surface area contributed by atoms with Gasteiger partial charge in [0, 0.05) is 6.07 Å². The molecule has 0 radical (unpaired) electrons. The first-order valence-electron chi connectivity index (χ1n) is 5.62. The summed E-state index contributed by atoms with van der Waals surface area (Å²) < 4.78 is 5.04. The molecule has 0 bridgehead atoms. The highest BCUT2D eigenvalue weighted by molar-refractivity contribution is 5.96.